The van der Waals surface area contributed by atoms with Crippen LogP contribution < -0.4 is 10.5 Å². The predicted molar refractivity (Wildman–Crippen MR) is 88.9 cm³/mol. The Morgan fingerprint density at radius 3 is 2.29 bits per heavy atom. The largest absolute Gasteiger partial charge is 0.497 e. The van der Waals surface area contributed by atoms with E-state index in [1.54, 1.807) is 7.11 Å². The lowest BCUT2D eigenvalue weighted by atomic mass is 9.85. The second-order valence-corrected chi connectivity index (χ2v) is 6.29. The van der Waals surface area contributed by atoms with Gasteiger partial charge in [0.25, 0.3) is 0 Å². The number of methoxy groups -OCH3 is 1. The Kier molecular flexibility index (Phi) is 4.69. The van der Waals surface area contributed by atoms with Crippen molar-refractivity contribution in [1.82, 2.24) is 0 Å². The summed E-state index contributed by atoms with van der Waals surface area (Å²) in [6, 6.07) is 14.7. The molecule has 0 aromatic heterocycles. The van der Waals surface area contributed by atoms with E-state index in [9.17, 15) is 0 Å². The molecule has 2 aromatic carbocycles. The molecule has 0 radical (unpaired) electrons. The highest BCUT2D eigenvalue weighted by Gasteiger charge is 2.20. The van der Waals surface area contributed by atoms with Crippen LogP contribution in [-0.2, 0) is 12.8 Å². The molecule has 0 fully saturated rings. The lowest BCUT2D eigenvalue weighted by Gasteiger charge is -2.26. The van der Waals surface area contributed by atoms with E-state index < -0.39 is 0 Å². The van der Waals surface area contributed by atoms with Crippen molar-refractivity contribution in [3.8, 4) is 5.75 Å². The highest BCUT2D eigenvalue weighted by molar-refractivity contribution is 5.33. The molecular weight excluding hydrogens is 258 g/mol. The van der Waals surface area contributed by atoms with Gasteiger partial charge in [-0.05, 0) is 62.4 Å². The maximum absolute atomic E-state index is 6.54. The van der Waals surface area contributed by atoms with Crippen LogP contribution in [0.5, 0.6) is 5.75 Å². The summed E-state index contributed by atoms with van der Waals surface area (Å²) in [6.07, 6.45) is 1.73. The molecule has 0 bridgehead atoms. The molecular formula is C19H25NO. The molecule has 2 rings (SSSR count). The zero-order valence-corrected chi connectivity index (χ0v) is 13.4. The number of hydrogen-bond donors (Lipinski definition) is 1. The monoisotopic (exact) mass is 283 g/mol. The third-order valence-corrected chi connectivity index (χ3v) is 3.87. The van der Waals surface area contributed by atoms with Crippen molar-refractivity contribution in [2.24, 2.45) is 5.73 Å². The molecule has 0 aliphatic rings. The molecule has 0 spiro atoms. The SMILES string of the molecule is COc1ccc(CC(C)(N)Cc2cc(C)ccc2C)cc1. The maximum Gasteiger partial charge on any atom is 0.118 e. The minimum Gasteiger partial charge on any atom is -0.497 e. The van der Waals surface area contributed by atoms with Crippen LogP contribution in [0.1, 0.15) is 29.2 Å². The molecule has 2 nitrogen and oxygen atoms in total. The van der Waals surface area contributed by atoms with Gasteiger partial charge in [-0.2, -0.15) is 0 Å². The van der Waals surface area contributed by atoms with E-state index in [0.717, 1.165) is 18.6 Å². The zero-order chi connectivity index (χ0) is 15.5. The summed E-state index contributed by atoms with van der Waals surface area (Å²) in [7, 11) is 1.68. The molecule has 0 saturated carbocycles. The Balaban J connectivity index is 2.11. The molecule has 2 heteroatoms. The van der Waals surface area contributed by atoms with Crippen molar-refractivity contribution in [2.45, 2.75) is 39.2 Å². The Bertz CT molecular complexity index is 599. The number of ether oxygens (including phenoxy) is 1. The number of nitrogens with two attached hydrogens (primary N) is 1. The Labute approximate surface area is 127 Å². The van der Waals surface area contributed by atoms with Gasteiger partial charge in [-0.3, -0.25) is 0 Å². The van der Waals surface area contributed by atoms with Gasteiger partial charge in [-0.1, -0.05) is 35.9 Å². The van der Waals surface area contributed by atoms with Crippen LogP contribution >= 0.6 is 0 Å². The molecule has 21 heavy (non-hydrogen) atoms. The van der Waals surface area contributed by atoms with Crippen LogP contribution in [0, 0.1) is 13.8 Å². The van der Waals surface area contributed by atoms with Gasteiger partial charge in [0.15, 0.2) is 0 Å². The first kappa shape index (κ1) is 15.6. The second kappa shape index (κ2) is 6.31. The van der Waals surface area contributed by atoms with E-state index in [2.05, 4.69) is 51.1 Å². The van der Waals surface area contributed by atoms with E-state index in [-0.39, 0.29) is 5.54 Å². The zero-order valence-electron chi connectivity index (χ0n) is 13.4. The number of benzene rings is 2. The van der Waals surface area contributed by atoms with Crippen molar-refractivity contribution in [3.63, 3.8) is 0 Å². The average Bonchev–Trinajstić information content (AvgIpc) is 2.43. The van der Waals surface area contributed by atoms with Crippen molar-refractivity contribution < 1.29 is 4.74 Å². The van der Waals surface area contributed by atoms with Gasteiger partial charge in [0.05, 0.1) is 7.11 Å². The van der Waals surface area contributed by atoms with Crippen molar-refractivity contribution in [1.29, 1.82) is 0 Å². The summed E-state index contributed by atoms with van der Waals surface area (Å²) in [4.78, 5) is 0. The lowest BCUT2D eigenvalue weighted by molar-refractivity contribution is 0.414. The molecule has 0 heterocycles. The summed E-state index contributed by atoms with van der Waals surface area (Å²) in [5.41, 5.74) is 11.5. The molecule has 0 aliphatic heterocycles. The van der Waals surface area contributed by atoms with Gasteiger partial charge in [0.1, 0.15) is 5.75 Å². The summed E-state index contributed by atoms with van der Waals surface area (Å²) in [6.45, 7) is 6.40. The second-order valence-electron chi connectivity index (χ2n) is 6.29. The van der Waals surface area contributed by atoms with Crippen LogP contribution in [0.4, 0.5) is 0 Å². The molecule has 112 valence electrons. The van der Waals surface area contributed by atoms with E-state index in [4.69, 9.17) is 10.5 Å². The van der Waals surface area contributed by atoms with E-state index >= 15 is 0 Å². The predicted octanol–water partition coefficient (Wildman–Crippen LogP) is 3.81. The summed E-state index contributed by atoms with van der Waals surface area (Å²) in [5.74, 6) is 0.881. The van der Waals surface area contributed by atoms with E-state index in [1.807, 2.05) is 12.1 Å². The molecule has 2 aromatic rings. The fourth-order valence-electron chi connectivity index (χ4n) is 2.70. The summed E-state index contributed by atoms with van der Waals surface area (Å²) < 4.78 is 5.19. The van der Waals surface area contributed by atoms with Crippen LogP contribution in [0.15, 0.2) is 42.5 Å². The highest BCUT2D eigenvalue weighted by Crippen LogP contribution is 2.21. The number of rotatable bonds is 5. The maximum atomic E-state index is 6.54. The van der Waals surface area contributed by atoms with Crippen LogP contribution in [0.2, 0.25) is 0 Å². The Hall–Kier alpha value is -1.80. The Morgan fingerprint density at radius 1 is 1.00 bits per heavy atom. The van der Waals surface area contributed by atoms with Gasteiger partial charge in [0.2, 0.25) is 0 Å². The average molecular weight is 283 g/mol. The fraction of sp³-hybridized carbons (Fsp3) is 0.368. The van der Waals surface area contributed by atoms with Gasteiger partial charge < -0.3 is 10.5 Å². The summed E-state index contributed by atoms with van der Waals surface area (Å²) in [5, 5.41) is 0. The Morgan fingerprint density at radius 2 is 1.67 bits per heavy atom. The molecule has 0 aliphatic carbocycles. The third kappa shape index (κ3) is 4.33. The van der Waals surface area contributed by atoms with Gasteiger partial charge >= 0.3 is 0 Å². The van der Waals surface area contributed by atoms with Crippen LogP contribution in [0.25, 0.3) is 0 Å². The molecule has 1 atom stereocenters. The number of aryl methyl sites for hydroxylation is 2. The molecule has 1 unspecified atom stereocenters. The molecule has 2 N–H and O–H groups in total. The van der Waals surface area contributed by atoms with Crippen molar-refractivity contribution in [3.05, 3.63) is 64.7 Å². The van der Waals surface area contributed by atoms with Gasteiger partial charge in [0, 0.05) is 5.54 Å². The van der Waals surface area contributed by atoms with Crippen LogP contribution in [-0.4, -0.2) is 12.6 Å². The van der Waals surface area contributed by atoms with E-state index in [0.29, 0.717) is 0 Å². The topological polar surface area (TPSA) is 35.2 Å². The fourth-order valence-corrected chi connectivity index (χ4v) is 2.70. The smallest absolute Gasteiger partial charge is 0.118 e. The normalized spacial score (nSPS) is 13.8. The first-order chi connectivity index (χ1) is 9.89. The van der Waals surface area contributed by atoms with Gasteiger partial charge in [-0.25, -0.2) is 0 Å². The van der Waals surface area contributed by atoms with E-state index in [1.165, 1.54) is 22.3 Å². The number of hydrogen-bond acceptors (Lipinski definition) is 2. The molecule has 0 amide bonds. The van der Waals surface area contributed by atoms with Crippen molar-refractivity contribution >= 4 is 0 Å². The first-order valence-corrected chi connectivity index (χ1v) is 7.37. The highest BCUT2D eigenvalue weighted by atomic mass is 16.5. The minimum atomic E-state index is -0.257. The quantitative estimate of drug-likeness (QED) is 0.905. The van der Waals surface area contributed by atoms with Crippen LogP contribution in [0.3, 0.4) is 0 Å². The third-order valence-electron chi connectivity index (χ3n) is 3.87. The standard InChI is InChI=1S/C19H25NO/c1-14-5-6-15(2)17(11-14)13-19(3,20)12-16-7-9-18(21-4)10-8-16/h5-11H,12-13,20H2,1-4H3. The van der Waals surface area contributed by atoms with Gasteiger partial charge in [-0.15, -0.1) is 0 Å². The molecule has 0 saturated heterocycles. The minimum absolute atomic E-state index is 0.257. The summed E-state index contributed by atoms with van der Waals surface area (Å²) >= 11 is 0. The lowest BCUT2D eigenvalue weighted by Crippen LogP contribution is -2.41. The first-order valence-electron chi connectivity index (χ1n) is 7.37. The van der Waals surface area contributed by atoms with Crippen molar-refractivity contribution in [2.75, 3.05) is 7.11 Å².